The van der Waals surface area contributed by atoms with Crippen molar-refractivity contribution < 1.29 is 203 Å². The van der Waals surface area contributed by atoms with Gasteiger partial charge in [-0.25, -0.2) is 0 Å². The molecule has 0 amide bonds. The second-order valence-corrected chi connectivity index (χ2v) is 28.0. The number of fused-ring (bicyclic) bond motifs is 15. The Hall–Kier alpha value is -6.30. The summed E-state index contributed by atoms with van der Waals surface area (Å²) in [5.41, 5.74) is -22.8. The first-order chi connectivity index (χ1) is 93.0. The van der Waals surface area contributed by atoms with E-state index in [0.717, 1.165) is 38.5 Å². The van der Waals surface area contributed by atoms with Crippen LogP contribution < -0.4 is 47.4 Å². The lowest BCUT2D eigenvalue weighted by Gasteiger charge is -2.47. The second-order valence-electron chi connectivity index (χ2n) is 28.0. The van der Waals surface area contributed by atoms with Crippen LogP contribution in [0.1, 0.15) is 376 Å². The molecule has 0 radical (unpaired) electrons. The van der Waals surface area contributed by atoms with Crippen LogP contribution in [0.4, 0.5) is 0 Å². The Morgan fingerprint density at radius 3 is 0.706 bits per heavy atom. The summed E-state index contributed by atoms with van der Waals surface area (Å²) in [6, 6.07) is -10.2. The fraction of sp³-hybridized carbons (Fsp3) is 0.697. The summed E-state index contributed by atoms with van der Waals surface area (Å²) in [6.07, 6.45) is -73.2. The van der Waals surface area contributed by atoms with E-state index in [4.69, 9.17) is 171 Å². The van der Waals surface area contributed by atoms with Crippen molar-refractivity contribution in [3.8, 4) is 57.5 Å². The zero-order valence-electron chi connectivity index (χ0n) is 160. The summed E-state index contributed by atoms with van der Waals surface area (Å²) in [5, 5.41) is 57.3. The summed E-state index contributed by atoms with van der Waals surface area (Å²) >= 11 is 0. The van der Waals surface area contributed by atoms with Gasteiger partial charge >= 0.3 is 0 Å². The Bertz CT molecular complexity index is 8560. The standard InChI is InChI=1S/4C20H31NO3.C19H29NO3/c4*1-20(2,3)11-14-12-21-7-6-13-8-18(23-4)19(24-5)9-15(13)16(21)10-17(14)22;1-12(2)7-14-11-20-6-5-13-8-18(22-3)19(23-4)9-15(13)16(20)10-17(14)21/h4*8-9,14,16-17,22H,6-7,10-12H2,1-5H3;8-9,12,14,16-17,21H,5-7,10-11H2,1-4H3/i1D3,2D3,4D3,5D3,6D2,7D2,10D2,11D2,14D,16D,17D;1D3,2D3,5D3,6D2,7D2,10D2,11D2,14D,16D,17D;1D3,2D3,4D3,6D2,7D2,10D2,11D2,14D,16D,17D;1D3,2D3,6D2,7D2,10D2,11D2,14D,16D,17D;3D3,4D3,5D2,6D2,10D2,14D,16D,17D. The zero-order valence-corrected chi connectivity index (χ0v) is 65.1. The topological polar surface area (TPSA) is 210 Å². The number of hydrogen-bond acceptors (Lipinski definition) is 20. The maximum Gasteiger partial charge on any atom is 0.161 e. The van der Waals surface area contributed by atoms with E-state index in [0.29, 0.717) is 69.0 Å². The van der Waals surface area contributed by atoms with Gasteiger partial charge < -0.3 is 72.9 Å². The SMILES string of the molecule is [2H]C([2H])([2H])C(C)(C([2H])([2H])[2H])C([2H])([2H])C1([2H])CN2C([2H])([2H])C([2H])([2H])c3cc(OC)c(OC)cc3C2([2H])C([2H])([2H])C1([2H])O.[2H]C([2H])([2H])Oc1cc2c(cc1OC([2H])([2H])[2H])C1([2H])N(CC([2H])(C([2H])([2H])C(C)(C([2H])([2H])[2H])C([2H])([2H])[2H])C([2H])(O)C1([2H])[2H])C([2H])([2H])C2([2H])[2H].[2H]C([2H])([2H])Oc1cc2c(cc1OC([2H])([2H])[2H])C1([2H])N(CC([2H])(CC(C)C)C([2H])(O)C1([2H])[2H])C([2H])([2H])C2([2H])[2H].[2H]C([2H])([2H])Oc1cc2c(cc1OC)C([2H])([2H])C([2H])([2H])N1CC([2H])(C([2H])([2H])C(C)(C([2H])([2H])[2H])C([2H])([2H])[2H])C([2H])(O)C([2H])([2H])C21[2H].[2H]C([2H])([2H])Oc1cc2c(cc1OC)C1([2H])N(CC([2H])(C([2H])([2H])C(C)(C([2H])([2H])[2H])C([2H])([2H])[2H])C([2H])(O)C1([2H])[2H])C([2H])([2H])C2([2H])[2H]. The minimum Gasteiger partial charge on any atom is -0.493 e. The van der Waals surface area contributed by atoms with Gasteiger partial charge in [-0.1, -0.05) is 96.4 Å². The molecule has 0 aliphatic carbocycles. The maximum absolute atomic E-state index is 11.6. The molecule has 10 aliphatic heterocycles. The van der Waals surface area contributed by atoms with Gasteiger partial charge in [-0.3, -0.25) is 24.5 Å². The van der Waals surface area contributed by atoms with Crippen LogP contribution in [0.3, 0.4) is 0 Å². The Morgan fingerprint density at radius 2 is 0.513 bits per heavy atom. The van der Waals surface area contributed by atoms with Crippen LogP contribution in [0, 0.1) is 57.0 Å². The normalized spacial score (nSPS) is 56.7. The minimum atomic E-state index is -4.37. The smallest absolute Gasteiger partial charge is 0.161 e. The molecule has 0 saturated carbocycles. The summed E-state index contributed by atoms with van der Waals surface area (Å²) in [5.74, 6) is -25.0. The van der Waals surface area contributed by atoms with E-state index < -0.39 is 465 Å². The lowest BCUT2D eigenvalue weighted by atomic mass is 9.75. The molecule has 10 aliphatic rings. The molecule has 5 aromatic rings. The van der Waals surface area contributed by atoms with Crippen LogP contribution in [-0.4, -0.2) is 216 Å². The lowest BCUT2D eigenvalue weighted by molar-refractivity contribution is -0.0259. The Kier molecular flexibility index (Phi) is 9.90. The van der Waals surface area contributed by atoms with Crippen molar-refractivity contribution in [2.75, 3.05) is 136 Å². The van der Waals surface area contributed by atoms with Gasteiger partial charge in [0.2, 0.25) is 0 Å². The Balaban J connectivity index is 0.000000245. The number of aliphatic hydroxyl groups is 5. The zero-order chi connectivity index (χ0) is 169. The number of ether oxygens (including phenoxy) is 10. The van der Waals surface area contributed by atoms with Gasteiger partial charge in [0.25, 0.3) is 0 Å². The third-order valence-electron chi connectivity index (χ3n) is 17.7. The largest absolute Gasteiger partial charge is 0.493 e. The van der Waals surface area contributed by atoms with Gasteiger partial charge in [0, 0.05) is 187 Å². The van der Waals surface area contributed by atoms with Crippen LogP contribution in [0.2, 0.25) is 0 Å². The predicted molar refractivity (Wildman–Crippen MR) is 474 cm³/mol. The number of methoxy groups -OCH3 is 10. The van der Waals surface area contributed by atoms with E-state index in [9.17, 15) is 32.4 Å². The highest BCUT2D eigenvalue weighted by molar-refractivity contribution is 5.54. The lowest BCUT2D eigenvalue weighted by Crippen LogP contribution is -2.48. The van der Waals surface area contributed by atoms with Crippen LogP contribution in [0.5, 0.6) is 57.5 Å². The highest BCUT2D eigenvalue weighted by Gasteiger charge is 2.46. The minimum absolute atomic E-state index is 0.000639. The van der Waals surface area contributed by atoms with Gasteiger partial charge in [0.1, 0.15) is 0 Å². The summed E-state index contributed by atoms with van der Waals surface area (Å²) in [6.45, 7) is -51.3. The van der Waals surface area contributed by atoms with E-state index in [1.165, 1.54) is 14.2 Å². The maximum atomic E-state index is 11.6. The average Bonchev–Trinajstić information content (AvgIpc) is 0.649. The highest BCUT2D eigenvalue weighted by atomic mass is 16.5. The first-order valence-corrected chi connectivity index (χ1v) is 35.3. The van der Waals surface area contributed by atoms with Crippen molar-refractivity contribution in [2.45, 2.75) is 252 Å². The van der Waals surface area contributed by atoms with Gasteiger partial charge in [-0.2, -0.15) is 0 Å². The van der Waals surface area contributed by atoms with Crippen molar-refractivity contribution in [3.05, 3.63) is 116 Å². The molecule has 15 unspecified atom stereocenters. The molecule has 5 N–H and O–H groups in total. The number of hydrogen-bond donors (Lipinski definition) is 5. The van der Waals surface area contributed by atoms with Crippen molar-refractivity contribution in [2.24, 2.45) is 57.0 Å². The van der Waals surface area contributed by atoms with Crippen LogP contribution in [0.15, 0.2) is 60.7 Å². The molecule has 119 heavy (non-hydrogen) atoms. The van der Waals surface area contributed by atoms with Crippen molar-refractivity contribution in [3.63, 3.8) is 0 Å². The monoisotopic (exact) mass is 1750 g/mol. The predicted octanol–water partition coefficient (Wildman–Crippen LogP) is 16.7. The number of piperidine rings is 5. The molecule has 15 atom stereocenters. The quantitative estimate of drug-likeness (QED) is 0.0622. The molecule has 0 spiro atoms. The van der Waals surface area contributed by atoms with Gasteiger partial charge in [-0.05, 0) is 269 Å². The Morgan fingerprint density at radius 1 is 0.328 bits per heavy atom. The molecule has 20 nitrogen and oxygen atoms in total. The third-order valence-corrected chi connectivity index (χ3v) is 17.7. The van der Waals surface area contributed by atoms with E-state index >= 15 is 0 Å². The van der Waals surface area contributed by atoms with Gasteiger partial charge in [0.15, 0.2) is 57.5 Å². The fourth-order valence-corrected chi connectivity index (χ4v) is 12.7. The van der Waals surface area contributed by atoms with Crippen LogP contribution in [-0.2, 0) is 31.9 Å². The van der Waals surface area contributed by atoms with E-state index in [-0.39, 0.29) is 43.4 Å². The molecule has 0 aromatic heterocycles. The summed E-state index contributed by atoms with van der Waals surface area (Å²) in [4.78, 5) is 0.366. The first-order valence-electron chi connectivity index (χ1n) is 82.8. The summed E-state index contributed by atoms with van der Waals surface area (Å²) in [7, 11) is -15.1. The van der Waals surface area contributed by atoms with Crippen molar-refractivity contribution in [1.29, 1.82) is 0 Å². The van der Waals surface area contributed by atoms with Gasteiger partial charge in [-0.15, -0.1) is 0 Å². The molecule has 664 valence electrons. The molecular formula is C99H153N5O15. The second kappa shape index (κ2) is 39.7. The van der Waals surface area contributed by atoms with Crippen molar-refractivity contribution >= 4 is 0 Å². The first kappa shape index (κ1) is 29.7. The molecular weight excluding hydrogens is 1500 g/mol. The average molecular weight is 1750 g/mol. The molecule has 0 bridgehead atoms. The van der Waals surface area contributed by atoms with Crippen LogP contribution >= 0.6 is 0 Å². The third kappa shape index (κ3) is 22.8. The van der Waals surface area contributed by atoms with E-state index in [1.807, 2.05) is 0 Å². The molecule has 20 heteroatoms. The molecule has 5 aromatic carbocycles. The van der Waals surface area contributed by atoms with E-state index in [2.05, 4.69) is 0 Å². The molecule has 5 saturated heterocycles. The highest BCUT2D eigenvalue weighted by Crippen LogP contribution is 2.52. The number of rotatable bonds is 16. The van der Waals surface area contributed by atoms with Gasteiger partial charge in [0.05, 0.1) is 139 Å². The summed E-state index contributed by atoms with van der Waals surface area (Å²) < 4.78 is 839. The number of nitrogens with zero attached hydrogens (tertiary/aromatic N) is 5. The molecule has 10 heterocycles. The fourth-order valence-electron chi connectivity index (χ4n) is 12.7. The number of aryl methyl sites for hydroxylation is 5. The van der Waals surface area contributed by atoms with Crippen molar-refractivity contribution in [1.82, 2.24) is 24.5 Å². The molecule has 5 fully saturated rings. The van der Waals surface area contributed by atoms with Crippen LogP contribution in [0.25, 0.3) is 0 Å². The van der Waals surface area contributed by atoms with E-state index in [1.54, 1.807) is 13.8 Å². The Labute approximate surface area is 848 Å². The molecule has 15 rings (SSSR count). The number of benzene rings is 5.